The molecule has 0 aliphatic heterocycles. The Bertz CT molecular complexity index is 382. The monoisotopic (exact) mass is 318 g/mol. The van der Waals surface area contributed by atoms with Gasteiger partial charge in [0.2, 0.25) is 0 Å². The average molecular weight is 319 g/mol. The van der Waals surface area contributed by atoms with Crippen LogP contribution in [0.4, 0.5) is 0 Å². The molecule has 1 aromatic rings. The smallest absolute Gasteiger partial charge is 0.336 e. The summed E-state index contributed by atoms with van der Waals surface area (Å²) in [6.45, 7) is 3.54. The van der Waals surface area contributed by atoms with Gasteiger partial charge in [-0.25, -0.2) is 4.79 Å². The van der Waals surface area contributed by atoms with E-state index in [0.29, 0.717) is 16.6 Å². The predicted octanol–water partition coefficient (Wildman–Crippen LogP) is 3.67. The highest BCUT2D eigenvalue weighted by atomic mass is 79.9. The quantitative estimate of drug-likeness (QED) is 0.615. The fraction of sp³-hybridized carbons (Fsp3) is 0.417. The number of rotatable bonds is 7. The maximum atomic E-state index is 10.9. The molecule has 0 unspecified atom stereocenters. The zero-order valence-corrected chi connectivity index (χ0v) is 12.0. The maximum Gasteiger partial charge on any atom is 0.336 e. The Morgan fingerprint density at radius 2 is 2.24 bits per heavy atom. The van der Waals surface area contributed by atoms with E-state index in [1.807, 2.05) is 6.07 Å². The normalized spacial score (nSPS) is 10.5. The lowest BCUT2D eigenvalue weighted by Gasteiger charge is -2.05. The van der Waals surface area contributed by atoms with Gasteiger partial charge in [-0.3, -0.25) is 0 Å². The number of halogens is 1. The molecule has 3 nitrogen and oxygen atoms in total. The average Bonchev–Trinajstić information content (AvgIpc) is 2.30. The van der Waals surface area contributed by atoms with Crippen LogP contribution in [-0.4, -0.2) is 30.0 Å². The van der Waals surface area contributed by atoms with Crippen LogP contribution in [0, 0.1) is 0 Å². The second-order valence-corrected chi connectivity index (χ2v) is 5.43. The van der Waals surface area contributed by atoms with Gasteiger partial charge in [0.25, 0.3) is 0 Å². The van der Waals surface area contributed by atoms with Crippen LogP contribution in [-0.2, 0) is 4.74 Å². The lowest BCUT2D eigenvalue weighted by atomic mass is 10.2. The minimum absolute atomic E-state index is 0.296. The van der Waals surface area contributed by atoms with Crippen molar-refractivity contribution in [3.8, 4) is 0 Å². The molecule has 1 rings (SSSR count). The van der Waals surface area contributed by atoms with E-state index in [-0.39, 0.29) is 0 Å². The van der Waals surface area contributed by atoms with Crippen molar-refractivity contribution in [1.82, 2.24) is 0 Å². The van der Waals surface area contributed by atoms with Gasteiger partial charge in [0.05, 0.1) is 12.2 Å². The van der Waals surface area contributed by atoms with Crippen molar-refractivity contribution in [2.24, 2.45) is 0 Å². The molecule has 1 aromatic carbocycles. The van der Waals surface area contributed by atoms with Crippen molar-refractivity contribution < 1.29 is 14.6 Å². The van der Waals surface area contributed by atoms with Crippen molar-refractivity contribution in [1.29, 1.82) is 0 Å². The highest BCUT2D eigenvalue weighted by Crippen LogP contribution is 2.24. The Morgan fingerprint density at radius 1 is 1.47 bits per heavy atom. The number of aromatic carboxylic acids is 1. The van der Waals surface area contributed by atoms with Crippen molar-refractivity contribution in [2.75, 3.05) is 19.0 Å². The second kappa shape index (κ2) is 7.74. The van der Waals surface area contributed by atoms with E-state index >= 15 is 0 Å². The standard InChI is InChI=1S/C12H15BrO3S/c1-2-5-16-6-7-17-9-3-4-11(13)10(8-9)12(14)15/h3-4,8H,2,5-7H2,1H3,(H,14,15). The molecule has 1 N–H and O–H groups in total. The summed E-state index contributed by atoms with van der Waals surface area (Å²) >= 11 is 4.82. The SMILES string of the molecule is CCCOCCSc1ccc(Br)c(C(=O)O)c1. The van der Waals surface area contributed by atoms with E-state index in [2.05, 4.69) is 22.9 Å². The number of hydrogen-bond donors (Lipinski definition) is 1. The molecule has 0 amide bonds. The Kier molecular flexibility index (Phi) is 6.62. The molecule has 0 heterocycles. The first-order valence-corrected chi connectivity index (χ1v) is 7.16. The summed E-state index contributed by atoms with van der Waals surface area (Å²) in [4.78, 5) is 11.9. The molecular formula is C12H15BrO3S. The third-order valence-electron chi connectivity index (χ3n) is 2.01. The minimum Gasteiger partial charge on any atom is -0.478 e. The van der Waals surface area contributed by atoms with Crippen LogP contribution in [0.1, 0.15) is 23.7 Å². The molecule has 94 valence electrons. The van der Waals surface area contributed by atoms with Crippen LogP contribution >= 0.6 is 27.7 Å². The molecule has 0 saturated carbocycles. The Hall–Kier alpha value is -0.520. The van der Waals surface area contributed by atoms with Gasteiger partial charge in [0.1, 0.15) is 0 Å². The fourth-order valence-electron chi connectivity index (χ4n) is 1.22. The zero-order chi connectivity index (χ0) is 12.7. The van der Waals surface area contributed by atoms with Gasteiger partial charge in [-0.15, -0.1) is 11.8 Å². The minimum atomic E-state index is -0.915. The first-order valence-electron chi connectivity index (χ1n) is 5.38. The largest absolute Gasteiger partial charge is 0.478 e. The van der Waals surface area contributed by atoms with Crippen molar-refractivity contribution in [2.45, 2.75) is 18.2 Å². The first kappa shape index (κ1) is 14.5. The molecule has 0 aliphatic rings. The van der Waals surface area contributed by atoms with Gasteiger partial charge in [-0.05, 0) is 40.5 Å². The molecule has 0 saturated heterocycles. The van der Waals surface area contributed by atoms with E-state index < -0.39 is 5.97 Å². The highest BCUT2D eigenvalue weighted by Gasteiger charge is 2.08. The van der Waals surface area contributed by atoms with Crippen molar-refractivity contribution >= 4 is 33.7 Å². The number of carboxylic acids is 1. The topological polar surface area (TPSA) is 46.5 Å². The fourth-order valence-corrected chi connectivity index (χ4v) is 2.44. The summed E-state index contributed by atoms with van der Waals surface area (Å²) in [5.74, 6) is -0.0812. The molecule has 0 aliphatic carbocycles. The third-order valence-corrected chi connectivity index (χ3v) is 3.66. The Morgan fingerprint density at radius 3 is 2.88 bits per heavy atom. The number of ether oxygens (including phenoxy) is 1. The van der Waals surface area contributed by atoms with Gasteiger partial charge < -0.3 is 9.84 Å². The first-order chi connectivity index (χ1) is 8.15. The summed E-state index contributed by atoms with van der Waals surface area (Å²) in [6.07, 6.45) is 1.02. The molecule has 0 atom stereocenters. The molecule has 5 heteroatoms. The van der Waals surface area contributed by atoms with Crippen LogP contribution in [0.25, 0.3) is 0 Å². The van der Waals surface area contributed by atoms with Crippen LogP contribution in [0.3, 0.4) is 0 Å². The van der Waals surface area contributed by atoms with Gasteiger partial charge >= 0.3 is 5.97 Å². The van der Waals surface area contributed by atoms with E-state index in [1.54, 1.807) is 23.9 Å². The Labute approximate surface area is 114 Å². The lowest BCUT2D eigenvalue weighted by Crippen LogP contribution is -1.99. The van der Waals surface area contributed by atoms with E-state index in [0.717, 1.165) is 23.7 Å². The van der Waals surface area contributed by atoms with Gasteiger partial charge in [0, 0.05) is 21.7 Å². The second-order valence-electron chi connectivity index (χ2n) is 3.41. The molecule has 17 heavy (non-hydrogen) atoms. The Balaban J connectivity index is 2.49. The number of hydrogen-bond acceptors (Lipinski definition) is 3. The van der Waals surface area contributed by atoms with Crippen LogP contribution in [0.5, 0.6) is 0 Å². The molecular weight excluding hydrogens is 304 g/mol. The molecule has 0 spiro atoms. The summed E-state index contributed by atoms with van der Waals surface area (Å²) < 4.78 is 5.97. The van der Waals surface area contributed by atoms with Gasteiger partial charge in [0.15, 0.2) is 0 Å². The summed E-state index contributed by atoms with van der Waals surface area (Å²) in [6, 6.07) is 5.34. The van der Waals surface area contributed by atoms with Crippen LogP contribution in [0.2, 0.25) is 0 Å². The molecule has 0 aromatic heterocycles. The number of thioether (sulfide) groups is 1. The molecule has 0 fully saturated rings. The number of carbonyl (C=O) groups is 1. The maximum absolute atomic E-state index is 10.9. The lowest BCUT2D eigenvalue weighted by molar-refractivity contribution is 0.0695. The summed E-state index contributed by atoms with van der Waals surface area (Å²) in [5.41, 5.74) is 0.296. The third kappa shape index (κ3) is 5.10. The molecule has 0 bridgehead atoms. The predicted molar refractivity (Wildman–Crippen MR) is 72.9 cm³/mol. The van der Waals surface area contributed by atoms with Crippen molar-refractivity contribution in [3.63, 3.8) is 0 Å². The zero-order valence-electron chi connectivity index (χ0n) is 9.61. The number of benzene rings is 1. The van der Waals surface area contributed by atoms with Crippen LogP contribution < -0.4 is 0 Å². The number of carboxylic acid groups (broad SMARTS) is 1. The van der Waals surface area contributed by atoms with E-state index in [1.165, 1.54) is 0 Å². The summed E-state index contributed by atoms with van der Waals surface area (Å²) in [7, 11) is 0. The van der Waals surface area contributed by atoms with Crippen LogP contribution in [0.15, 0.2) is 27.6 Å². The van der Waals surface area contributed by atoms with Gasteiger partial charge in [-0.1, -0.05) is 6.92 Å². The summed E-state index contributed by atoms with van der Waals surface area (Å²) in [5, 5.41) is 8.97. The van der Waals surface area contributed by atoms with Crippen molar-refractivity contribution in [3.05, 3.63) is 28.2 Å². The van der Waals surface area contributed by atoms with E-state index in [4.69, 9.17) is 9.84 Å². The molecule has 0 radical (unpaired) electrons. The highest BCUT2D eigenvalue weighted by molar-refractivity contribution is 9.10. The van der Waals surface area contributed by atoms with E-state index in [9.17, 15) is 4.79 Å². The van der Waals surface area contributed by atoms with Gasteiger partial charge in [-0.2, -0.15) is 0 Å².